The van der Waals surface area contributed by atoms with Gasteiger partial charge in [-0.1, -0.05) is 63.1 Å². The van der Waals surface area contributed by atoms with Gasteiger partial charge in [0.15, 0.2) is 0 Å². The van der Waals surface area contributed by atoms with E-state index in [1.165, 1.54) is 24.3 Å². The van der Waals surface area contributed by atoms with E-state index < -0.39 is 71.0 Å². The predicted molar refractivity (Wildman–Crippen MR) is 371 cm³/mol. The van der Waals surface area contributed by atoms with Gasteiger partial charge in [-0.3, -0.25) is 38.6 Å². The Balaban J connectivity index is 1.05. The summed E-state index contributed by atoms with van der Waals surface area (Å²) < 4.78 is 137. The molecule has 4 fully saturated rings. The van der Waals surface area contributed by atoms with E-state index in [4.69, 9.17) is 37.9 Å². The Morgan fingerprint density at radius 2 is 0.644 bits per heavy atom. The third-order valence-corrected chi connectivity index (χ3v) is 20.0. The van der Waals surface area contributed by atoms with Gasteiger partial charge in [-0.15, -0.1) is 0 Å². The van der Waals surface area contributed by atoms with Crippen molar-refractivity contribution in [2.45, 2.75) is 129 Å². The molecule has 24 heteroatoms. The summed E-state index contributed by atoms with van der Waals surface area (Å²) in [7, 11) is 0. The summed E-state index contributed by atoms with van der Waals surface area (Å²) in [5, 5.41) is 0.00442. The Morgan fingerprint density at radius 3 is 0.865 bits per heavy atom. The number of halogens is 6. The van der Waals surface area contributed by atoms with E-state index >= 15 is 28.8 Å². The monoisotopic (exact) mass is 1430 g/mol. The van der Waals surface area contributed by atoms with Gasteiger partial charge in [0.1, 0.15) is 58.1 Å². The minimum atomic E-state index is -4.80. The molecule has 6 amide bonds. The van der Waals surface area contributed by atoms with Crippen LogP contribution in [-0.2, 0) is 40.9 Å². The van der Waals surface area contributed by atoms with E-state index in [1.54, 1.807) is 58.3 Å². The van der Waals surface area contributed by atoms with Gasteiger partial charge in [0, 0.05) is 69.3 Å². The fraction of sp³-hybridized carbons (Fsp3) is 0.375. The van der Waals surface area contributed by atoms with Crippen molar-refractivity contribution in [1.29, 1.82) is 0 Å². The van der Waals surface area contributed by atoms with Crippen LogP contribution in [0.4, 0.5) is 26.3 Å². The molecule has 15 rings (SSSR count). The van der Waals surface area contributed by atoms with Crippen LogP contribution < -0.4 is 18.9 Å². The molecule has 9 aromatic rings. The van der Waals surface area contributed by atoms with Crippen molar-refractivity contribution in [3.8, 4) is 46.0 Å². The summed E-state index contributed by atoms with van der Waals surface area (Å²) in [4.78, 5) is 102. The predicted octanol–water partition coefficient (Wildman–Crippen LogP) is 16.4. The van der Waals surface area contributed by atoms with Crippen molar-refractivity contribution in [2.24, 2.45) is 11.8 Å². The number of imide groups is 2. The van der Waals surface area contributed by atoms with Crippen LogP contribution in [-0.4, -0.2) is 144 Å². The highest BCUT2D eigenvalue weighted by atomic mass is 19.4. The summed E-state index contributed by atoms with van der Waals surface area (Å²) >= 11 is 0. The number of hydrogen-bond acceptors (Lipinski definition) is 14. The fourth-order valence-corrected chi connectivity index (χ4v) is 14.3. The largest absolute Gasteiger partial charge is 0.457 e. The lowest BCUT2D eigenvalue weighted by Crippen LogP contribution is -2.55. The van der Waals surface area contributed by atoms with E-state index in [0.717, 1.165) is 69.5 Å². The molecule has 0 bridgehead atoms. The fourth-order valence-electron chi connectivity index (χ4n) is 14.3. The molecule has 6 aliphatic rings. The van der Waals surface area contributed by atoms with Gasteiger partial charge in [-0.2, -0.15) is 26.3 Å². The van der Waals surface area contributed by atoms with Crippen LogP contribution in [0.2, 0.25) is 0 Å². The first-order valence-electron chi connectivity index (χ1n) is 35.1. The molecule has 0 radical (unpaired) electrons. The standard InChI is InChI=1S/C80H74F6N4O14/c1-41(2)31-59(77(95)87(27-23-51-37-97-51)28-24-52-38-98-52)89-73(91)55-33-61(101-47-15-7-43(5)8-16-47)67-68-62(102-48-17-9-44(6)10-18-48)34-56-66-58(76(94)90(74(56)92)60(32-42(3)4)78(96)88(29-25-53-39-99-53)30-26-54-40-100-54)36-64(104-50-21-13-46(14-22-50)80(84,85)86)70(72(66)68)69-63(35-57(75(89)93)65(55)71(67)69)103-49-19-11-45(12-20-49)79(81,82)83/h7-22,33-36,41-42,51-54,59-60H,23-32,37-40H2,1-6H3. The molecule has 0 spiro atoms. The molecule has 0 saturated carbocycles. The van der Waals surface area contributed by atoms with Gasteiger partial charge in [0.05, 0.1) is 84.2 Å². The Kier molecular flexibility index (Phi) is 18.3. The lowest BCUT2D eigenvalue weighted by Gasteiger charge is -2.38. The average Bonchev–Trinajstić information content (AvgIpc) is 0.793. The van der Waals surface area contributed by atoms with Crippen LogP contribution >= 0.6 is 0 Å². The minimum absolute atomic E-state index is 0.00144. The van der Waals surface area contributed by atoms with Crippen molar-refractivity contribution in [3.05, 3.63) is 166 Å². The lowest BCUT2D eigenvalue weighted by atomic mass is 9.80. The van der Waals surface area contributed by atoms with Crippen LogP contribution in [0, 0.1) is 25.7 Å². The lowest BCUT2D eigenvalue weighted by molar-refractivity contribution is -0.138. The number of benzene rings is 9. The molecule has 6 atom stereocenters. The van der Waals surface area contributed by atoms with E-state index in [9.17, 15) is 26.3 Å². The van der Waals surface area contributed by atoms with Crippen molar-refractivity contribution >= 4 is 78.5 Å². The molecular formula is C80H74F6N4O14. The molecule has 0 aliphatic carbocycles. The van der Waals surface area contributed by atoms with Crippen LogP contribution in [0.5, 0.6) is 46.0 Å². The smallest absolute Gasteiger partial charge is 0.416 e. The van der Waals surface area contributed by atoms with Crippen molar-refractivity contribution in [3.63, 3.8) is 0 Å². The number of hydrogen-bond donors (Lipinski definition) is 0. The SMILES string of the molecule is Cc1ccc(Oc2cc3c4c(cc(Oc5ccc(C(F)(F)F)cc5)c5c6c(Oc7ccc(C(F)(F)F)cc7)cc7c8c(cc(Oc9ccc(C)cc9)c(c2c45)c86)C(=O)N(C(CC(C)C)C(=O)N(CCC2CO2)CCC2CO2)C7=O)C(=O)N(C(CC(C)C)C(=O)N(CCC2CO2)CCC2CO2)C3=O)cc1. The third-order valence-electron chi connectivity index (χ3n) is 20.0. The van der Waals surface area contributed by atoms with Crippen LogP contribution in [0.3, 0.4) is 0 Å². The Bertz CT molecular complexity index is 4560. The molecule has 9 aromatic carbocycles. The summed E-state index contributed by atoms with van der Waals surface area (Å²) in [6, 6.07) is 24.0. The van der Waals surface area contributed by atoms with Crippen LogP contribution in [0.1, 0.15) is 130 Å². The molecule has 0 aromatic heterocycles. The van der Waals surface area contributed by atoms with Crippen molar-refractivity contribution in [2.75, 3.05) is 52.6 Å². The molecule has 6 heterocycles. The average molecular weight is 1430 g/mol. The zero-order valence-electron chi connectivity index (χ0n) is 57.8. The number of aryl methyl sites for hydroxylation is 2. The summed E-state index contributed by atoms with van der Waals surface area (Å²) in [6.45, 7) is 14.1. The zero-order valence-corrected chi connectivity index (χ0v) is 57.8. The molecule has 0 N–H and O–H groups in total. The first-order chi connectivity index (χ1) is 49.7. The van der Waals surface area contributed by atoms with Gasteiger partial charge >= 0.3 is 12.4 Å². The normalized spacial score (nSPS) is 18.9. The molecule has 18 nitrogen and oxygen atoms in total. The third kappa shape index (κ3) is 14.0. The number of amides is 6. The van der Waals surface area contributed by atoms with Crippen molar-refractivity contribution in [1.82, 2.24) is 19.6 Å². The second-order valence-corrected chi connectivity index (χ2v) is 28.6. The van der Waals surface area contributed by atoms with Gasteiger partial charge < -0.3 is 47.7 Å². The second-order valence-electron chi connectivity index (χ2n) is 28.6. The van der Waals surface area contributed by atoms with E-state index in [2.05, 4.69) is 0 Å². The summed E-state index contributed by atoms with van der Waals surface area (Å²) in [5.74, 6) is -6.04. The molecule has 6 aliphatic heterocycles. The van der Waals surface area contributed by atoms with Crippen LogP contribution in [0.15, 0.2) is 121 Å². The van der Waals surface area contributed by atoms with Gasteiger partial charge in [0.25, 0.3) is 23.6 Å². The zero-order chi connectivity index (χ0) is 72.9. The van der Waals surface area contributed by atoms with E-state index in [0.29, 0.717) is 52.1 Å². The summed E-state index contributed by atoms with van der Waals surface area (Å²) in [6.07, 6.45) is -8.05. The molecule has 540 valence electrons. The first kappa shape index (κ1) is 69.8. The van der Waals surface area contributed by atoms with E-state index in [1.807, 2.05) is 41.5 Å². The maximum absolute atomic E-state index is 16.4. The number of fused-ring (bicyclic) bond motifs is 2. The van der Waals surface area contributed by atoms with Gasteiger partial charge in [-0.05, 0) is 161 Å². The summed E-state index contributed by atoms with van der Waals surface area (Å²) in [5.41, 5.74) is -1.11. The minimum Gasteiger partial charge on any atom is -0.457 e. The number of epoxide rings is 4. The number of rotatable bonds is 28. The number of carbonyl (C=O) groups excluding carboxylic acids is 6. The quantitative estimate of drug-likeness (QED) is 0.0147. The Hall–Kier alpha value is -9.88. The second kappa shape index (κ2) is 27.3. The van der Waals surface area contributed by atoms with E-state index in [-0.39, 0.29) is 187 Å². The van der Waals surface area contributed by atoms with Gasteiger partial charge in [0.2, 0.25) is 11.8 Å². The van der Waals surface area contributed by atoms with Crippen LogP contribution in [0.25, 0.3) is 43.1 Å². The molecule has 104 heavy (non-hydrogen) atoms. The Labute approximate surface area is 593 Å². The maximum Gasteiger partial charge on any atom is 0.416 e. The maximum atomic E-state index is 16.4. The highest BCUT2D eigenvalue weighted by Gasteiger charge is 2.49. The van der Waals surface area contributed by atoms with Gasteiger partial charge in [-0.25, -0.2) is 0 Å². The number of alkyl halides is 6. The highest BCUT2D eigenvalue weighted by Crippen LogP contribution is 2.58. The number of carbonyl (C=O) groups is 6. The van der Waals surface area contributed by atoms with Crippen molar-refractivity contribution < 1.29 is 93.0 Å². The molecule has 6 unspecified atom stereocenters. The molecular weight excluding hydrogens is 1350 g/mol. The first-order valence-corrected chi connectivity index (χ1v) is 35.1. The Morgan fingerprint density at radius 1 is 0.404 bits per heavy atom. The highest BCUT2D eigenvalue weighted by molar-refractivity contribution is 6.45. The molecule has 4 saturated heterocycles. The topological polar surface area (TPSA) is 202 Å². The number of nitrogens with zero attached hydrogens (tertiary/aromatic N) is 4. The number of ether oxygens (including phenoxy) is 8.